The number of halogens is 1. The second-order valence-electron chi connectivity index (χ2n) is 5.38. The first-order valence-corrected chi connectivity index (χ1v) is 7.13. The van der Waals surface area contributed by atoms with Crippen molar-refractivity contribution in [1.29, 1.82) is 0 Å². The van der Waals surface area contributed by atoms with Gasteiger partial charge >= 0.3 is 0 Å². The van der Waals surface area contributed by atoms with Gasteiger partial charge in [0.15, 0.2) is 0 Å². The molecular weight excluding hydrogens is 276 g/mol. The fraction of sp³-hybridized carbons (Fsp3) is 0.500. The van der Waals surface area contributed by atoms with Crippen molar-refractivity contribution >= 4 is 28.5 Å². The lowest BCUT2D eigenvalue weighted by Crippen LogP contribution is -2.25. The number of amides is 1. The third-order valence-corrected chi connectivity index (χ3v) is 3.96. The number of carbonyl (C=O) groups excluding carboxylic acids is 1. The first-order chi connectivity index (χ1) is 9.99. The Labute approximate surface area is 124 Å². The van der Waals surface area contributed by atoms with E-state index in [0.717, 1.165) is 25.7 Å². The van der Waals surface area contributed by atoms with E-state index in [1.807, 2.05) is 4.57 Å². The zero-order valence-corrected chi connectivity index (χ0v) is 12.3. The fourth-order valence-electron chi connectivity index (χ4n) is 2.86. The maximum absolute atomic E-state index is 12.5. The first kappa shape index (κ1) is 12.1. The van der Waals surface area contributed by atoms with Gasteiger partial charge < -0.3 is 9.47 Å². The Balaban J connectivity index is 2.27. The van der Waals surface area contributed by atoms with Crippen LogP contribution in [0.3, 0.4) is 0 Å². The minimum atomic E-state index is -0.0876. The highest BCUT2D eigenvalue weighted by Crippen LogP contribution is 2.34. The lowest BCUT2D eigenvalue weighted by molar-refractivity contribution is 0.0815. The highest BCUT2D eigenvalue weighted by atomic mass is 35.5. The normalized spacial score (nSPS) is 16.6. The molecule has 0 N–H and O–H groups in total. The van der Waals surface area contributed by atoms with Crippen LogP contribution in [0.25, 0.3) is 11.0 Å². The molecule has 5 nitrogen and oxygen atoms in total. The minimum absolute atomic E-state index is 0.0497. The monoisotopic (exact) mass is 293 g/mol. The number of hydrogen-bond acceptors (Lipinski definition) is 3. The summed E-state index contributed by atoms with van der Waals surface area (Å²) >= 11 is 5.90. The fourth-order valence-corrected chi connectivity index (χ4v) is 2.98. The maximum Gasteiger partial charge on any atom is 0.270 e. The van der Waals surface area contributed by atoms with E-state index in [-0.39, 0.29) is 23.4 Å². The predicted octanol–water partition coefficient (Wildman–Crippen LogP) is 2.90. The molecule has 2 heterocycles. The SMILES string of the molecule is [2H]c1nc(Cl)nc2c1cc(C(=O)N(C)C)n2C1CCCC1. The number of nitrogens with zero attached hydrogens (tertiary/aromatic N) is 4. The molecule has 1 saturated carbocycles. The molecule has 0 aliphatic heterocycles. The molecule has 0 bridgehead atoms. The van der Waals surface area contributed by atoms with Crippen LogP contribution >= 0.6 is 11.6 Å². The molecule has 1 fully saturated rings. The topological polar surface area (TPSA) is 51.0 Å². The van der Waals surface area contributed by atoms with Gasteiger partial charge in [-0.3, -0.25) is 4.79 Å². The van der Waals surface area contributed by atoms with Gasteiger partial charge in [-0.15, -0.1) is 0 Å². The van der Waals surface area contributed by atoms with Crippen LogP contribution in [0.1, 0.15) is 43.6 Å². The van der Waals surface area contributed by atoms with Crippen LogP contribution in [0.15, 0.2) is 12.2 Å². The molecule has 20 heavy (non-hydrogen) atoms. The lowest BCUT2D eigenvalue weighted by Gasteiger charge is -2.18. The Hall–Kier alpha value is -1.62. The summed E-state index contributed by atoms with van der Waals surface area (Å²) in [6, 6.07) is 1.96. The molecule has 2 aromatic rings. The number of aromatic nitrogens is 3. The van der Waals surface area contributed by atoms with Crippen LogP contribution in [-0.2, 0) is 0 Å². The zero-order chi connectivity index (χ0) is 15.1. The van der Waals surface area contributed by atoms with E-state index in [0.29, 0.717) is 16.7 Å². The number of fused-ring (bicyclic) bond motifs is 1. The Morgan fingerprint density at radius 1 is 1.50 bits per heavy atom. The van der Waals surface area contributed by atoms with E-state index >= 15 is 0 Å². The standard InChI is InChI=1S/C14H17ClN4O/c1-18(2)13(20)11-7-9-8-16-14(15)17-12(9)19(11)10-5-3-4-6-10/h7-8,10H,3-6H2,1-2H3/i8D. The zero-order valence-electron chi connectivity index (χ0n) is 12.6. The molecule has 1 aliphatic rings. The van der Waals surface area contributed by atoms with E-state index in [4.69, 9.17) is 13.0 Å². The van der Waals surface area contributed by atoms with Crippen LogP contribution in [-0.4, -0.2) is 39.4 Å². The first-order valence-electron chi connectivity index (χ1n) is 7.25. The minimum Gasteiger partial charge on any atom is -0.343 e. The van der Waals surface area contributed by atoms with Gasteiger partial charge in [-0.1, -0.05) is 12.8 Å². The molecule has 1 amide bonds. The molecule has 0 radical (unpaired) electrons. The van der Waals surface area contributed by atoms with E-state index in [2.05, 4.69) is 9.97 Å². The highest BCUT2D eigenvalue weighted by Gasteiger charge is 2.26. The average Bonchev–Trinajstić information content (AvgIpc) is 3.03. The number of hydrogen-bond donors (Lipinski definition) is 0. The molecule has 0 unspecified atom stereocenters. The summed E-state index contributed by atoms with van der Waals surface area (Å²) in [5.74, 6) is -0.0876. The Morgan fingerprint density at radius 3 is 2.85 bits per heavy atom. The second-order valence-corrected chi connectivity index (χ2v) is 5.72. The molecule has 2 aromatic heterocycles. The average molecular weight is 294 g/mol. The summed E-state index contributed by atoms with van der Waals surface area (Å²) in [4.78, 5) is 22.1. The van der Waals surface area contributed by atoms with E-state index < -0.39 is 0 Å². The lowest BCUT2D eigenvalue weighted by atomic mass is 10.2. The molecule has 0 saturated heterocycles. The Kier molecular flexibility index (Phi) is 3.07. The summed E-state index contributed by atoms with van der Waals surface area (Å²) in [5, 5.41) is 0.630. The summed E-state index contributed by atoms with van der Waals surface area (Å²) < 4.78 is 9.91. The third-order valence-electron chi connectivity index (χ3n) is 3.79. The van der Waals surface area contributed by atoms with Gasteiger partial charge in [-0.05, 0) is 30.5 Å². The molecule has 6 heteroatoms. The molecular formula is C14H17ClN4O. The summed E-state index contributed by atoms with van der Waals surface area (Å²) in [5.41, 5.74) is 1.16. The van der Waals surface area contributed by atoms with Crippen molar-refractivity contribution in [2.24, 2.45) is 0 Å². The van der Waals surface area contributed by atoms with Gasteiger partial charge in [0.25, 0.3) is 5.91 Å². The Bertz CT molecular complexity index is 707. The van der Waals surface area contributed by atoms with Gasteiger partial charge in [0.1, 0.15) is 11.3 Å². The van der Waals surface area contributed by atoms with Crippen LogP contribution in [0.2, 0.25) is 5.28 Å². The maximum atomic E-state index is 12.5. The molecule has 3 rings (SSSR count). The summed E-state index contributed by atoms with van der Waals surface area (Å²) in [6.07, 6.45) is 4.40. The van der Waals surface area contributed by atoms with Crippen molar-refractivity contribution in [3.63, 3.8) is 0 Å². The van der Waals surface area contributed by atoms with Crippen LogP contribution < -0.4 is 0 Å². The second kappa shape index (κ2) is 5.05. The van der Waals surface area contributed by atoms with Crippen molar-refractivity contribution < 1.29 is 6.17 Å². The van der Waals surface area contributed by atoms with Crippen LogP contribution in [0.4, 0.5) is 0 Å². The molecule has 1 aliphatic carbocycles. The van der Waals surface area contributed by atoms with Gasteiger partial charge in [0.2, 0.25) is 5.28 Å². The highest BCUT2D eigenvalue weighted by molar-refractivity contribution is 6.28. The Morgan fingerprint density at radius 2 is 2.20 bits per heavy atom. The van der Waals surface area contributed by atoms with Crippen molar-refractivity contribution in [1.82, 2.24) is 19.4 Å². The van der Waals surface area contributed by atoms with E-state index in [1.54, 1.807) is 20.2 Å². The van der Waals surface area contributed by atoms with Crippen molar-refractivity contribution in [2.75, 3.05) is 14.1 Å². The van der Waals surface area contributed by atoms with Crippen molar-refractivity contribution in [3.05, 3.63) is 23.2 Å². The van der Waals surface area contributed by atoms with Gasteiger partial charge in [-0.25, -0.2) is 4.98 Å². The quantitative estimate of drug-likeness (QED) is 0.800. The van der Waals surface area contributed by atoms with Crippen LogP contribution in [0, 0.1) is 0 Å². The third kappa shape index (κ3) is 2.16. The molecule has 0 atom stereocenters. The number of carbonyl (C=O) groups is 1. The van der Waals surface area contributed by atoms with Gasteiger partial charge in [0, 0.05) is 31.7 Å². The molecule has 0 spiro atoms. The van der Waals surface area contributed by atoms with Crippen molar-refractivity contribution in [2.45, 2.75) is 31.7 Å². The van der Waals surface area contributed by atoms with Gasteiger partial charge in [0.05, 0.1) is 1.37 Å². The van der Waals surface area contributed by atoms with E-state index in [9.17, 15) is 4.79 Å². The predicted molar refractivity (Wildman–Crippen MR) is 78.1 cm³/mol. The van der Waals surface area contributed by atoms with Crippen molar-refractivity contribution in [3.8, 4) is 0 Å². The number of rotatable bonds is 2. The van der Waals surface area contributed by atoms with Gasteiger partial charge in [-0.2, -0.15) is 4.98 Å². The smallest absolute Gasteiger partial charge is 0.270 e. The summed E-state index contributed by atoms with van der Waals surface area (Å²) in [6.45, 7) is 0. The molecule has 106 valence electrons. The molecule has 0 aromatic carbocycles. The summed E-state index contributed by atoms with van der Waals surface area (Å²) in [7, 11) is 3.44. The van der Waals surface area contributed by atoms with E-state index in [1.165, 1.54) is 4.90 Å². The van der Waals surface area contributed by atoms with Crippen LogP contribution in [0.5, 0.6) is 0 Å². The largest absolute Gasteiger partial charge is 0.343 e.